The number of ether oxygens (including phenoxy) is 2. The highest BCUT2D eigenvalue weighted by atomic mass is 16.6. The molecule has 3 heterocycles. The van der Waals surface area contributed by atoms with E-state index in [1.165, 1.54) is 26.4 Å². The minimum Gasteiger partial charge on any atom is -0.493 e. The minimum absolute atomic E-state index is 0.0288. The second-order valence-electron chi connectivity index (χ2n) is 6.18. The number of benzene rings is 1. The van der Waals surface area contributed by atoms with E-state index in [0.29, 0.717) is 6.54 Å². The molecular weight excluding hydrogens is 328 g/mol. The van der Waals surface area contributed by atoms with Crippen LogP contribution in [-0.4, -0.2) is 80.2 Å². The number of hydrogen-bond acceptors (Lipinski definition) is 7. The zero-order chi connectivity index (χ0) is 18.0. The summed E-state index contributed by atoms with van der Waals surface area (Å²) >= 11 is 0. The van der Waals surface area contributed by atoms with E-state index < -0.39 is 10.8 Å². The Morgan fingerprint density at radius 1 is 1.24 bits per heavy atom. The number of nitrogens with zero attached hydrogens (tertiary/aromatic N) is 3. The number of nitro benzene ring substituents is 1. The van der Waals surface area contributed by atoms with Crippen LogP contribution in [0.2, 0.25) is 0 Å². The Morgan fingerprint density at radius 3 is 2.40 bits per heavy atom. The summed E-state index contributed by atoms with van der Waals surface area (Å²) in [4.78, 5) is 28.0. The van der Waals surface area contributed by atoms with Crippen LogP contribution in [0, 0.1) is 10.1 Å². The molecule has 1 N–H and O–H groups in total. The number of carbonyl (C=O) groups is 1. The van der Waals surface area contributed by atoms with Gasteiger partial charge in [0.15, 0.2) is 11.5 Å². The number of carbonyl (C=O) groups excluding carboxylic acids is 1. The van der Waals surface area contributed by atoms with Gasteiger partial charge in [-0.1, -0.05) is 0 Å². The molecule has 1 amide bonds. The Hall–Kier alpha value is -2.39. The fourth-order valence-electron chi connectivity index (χ4n) is 3.43. The lowest BCUT2D eigenvalue weighted by atomic mass is 10.1. The van der Waals surface area contributed by atoms with Crippen molar-refractivity contribution in [2.45, 2.75) is 6.04 Å². The van der Waals surface area contributed by atoms with E-state index in [0.717, 1.165) is 32.7 Å². The van der Waals surface area contributed by atoms with E-state index in [-0.39, 0.29) is 28.8 Å². The molecule has 3 fully saturated rings. The van der Waals surface area contributed by atoms with Gasteiger partial charge >= 0.3 is 0 Å². The lowest BCUT2D eigenvalue weighted by molar-refractivity contribution is -0.385. The van der Waals surface area contributed by atoms with Gasteiger partial charge in [0.1, 0.15) is 5.56 Å². The van der Waals surface area contributed by atoms with Gasteiger partial charge in [0.2, 0.25) is 0 Å². The molecular formula is C16H22N4O5. The maximum absolute atomic E-state index is 12.5. The quantitative estimate of drug-likeness (QED) is 0.584. The number of amides is 1. The van der Waals surface area contributed by atoms with Crippen molar-refractivity contribution in [1.82, 2.24) is 15.1 Å². The summed E-state index contributed by atoms with van der Waals surface area (Å²) in [5.41, 5.74) is -0.330. The normalized spacial score (nSPS) is 24.6. The van der Waals surface area contributed by atoms with E-state index in [4.69, 9.17) is 9.47 Å². The fraction of sp³-hybridized carbons (Fsp3) is 0.562. The molecule has 0 aliphatic carbocycles. The third kappa shape index (κ3) is 3.52. The van der Waals surface area contributed by atoms with Crippen molar-refractivity contribution >= 4 is 11.6 Å². The first-order valence-electron chi connectivity index (χ1n) is 8.18. The van der Waals surface area contributed by atoms with Crippen LogP contribution in [0.1, 0.15) is 10.4 Å². The Bertz CT molecular complexity index is 673. The minimum atomic E-state index is -0.589. The summed E-state index contributed by atoms with van der Waals surface area (Å²) in [5, 5.41) is 14.1. The van der Waals surface area contributed by atoms with E-state index in [1.807, 2.05) is 0 Å². The SMILES string of the molecule is COc1cc(C(=O)NCC2CN3CCN2CC3)c([N+](=O)[O-])cc1OC. The number of methoxy groups -OCH3 is 2. The second-order valence-corrected chi connectivity index (χ2v) is 6.18. The Balaban J connectivity index is 1.75. The molecule has 9 heteroatoms. The molecule has 2 bridgehead atoms. The summed E-state index contributed by atoms with van der Waals surface area (Å²) in [6, 6.07) is 2.81. The van der Waals surface area contributed by atoms with Crippen molar-refractivity contribution in [3.05, 3.63) is 27.8 Å². The predicted molar refractivity (Wildman–Crippen MR) is 90.3 cm³/mol. The van der Waals surface area contributed by atoms with Crippen LogP contribution >= 0.6 is 0 Å². The number of rotatable bonds is 6. The highest BCUT2D eigenvalue weighted by Gasteiger charge is 2.32. The van der Waals surface area contributed by atoms with Crippen LogP contribution < -0.4 is 14.8 Å². The smallest absolute Gasteiger partial charge is 0.286 e. The predicted octanol–water partition coefficient (Wildman–Crippen LogP) is 0.342. The van der Waals surface area contributed by atoms with Crippen LogP contribution in [0.15, 0.2) is 12.1 Å². The van der Waals surface area contributed by atoms with Crippen molar-refractivity contribution < 1.29 is 19.2 Å². The van der Waals surface area contributed by atoms with Crippen LogP contribution in [0.4, 0.5) is 5.69 Å². The summed E-state index contributed by atoms with van der Waals surface area (Å²) in [6.07, 6.45) is 0. The molecule has 25 heavy (non-hydrogen) atoms. The molecule has 0 aromatic heterocycles. The van der Waals surface area contributed by atoms with E-state index in [1.54, 1.807) is 0 Å². The first-order chi connectivity index (χ1) is 12.0. The zero-order valence-corrected chi connectivity index (χ0v) is 14.4. The molecule has 0 radical (unpaired) electrons. The number of fused-ring (bicyclic) bond motifs is 3. The van der Waals surface area contributed by atoms with Gasteiger partial charge in [0, 0.05) is 51.4 Å². The first-order valence-corrected chi connectivity index (χ1v) is 8.18. The molecule has 0 spiro atoms. The van der Waals surface area contributed by atoms with Gasteiger partial charge in [-0.3, -0.25) is 24.7 Å². The lowest BCUT2D eigenvalue weighted by Gasteiger charge is -2.47. The van der Waals surface area contributed by atoms with Crippen molar-refractivity contribution in [2.75, 3.05) is 53.5 Å². The maximum atomic E-state index is 12.5. The summed E-state index contributed by atoms with van der Waals surface area (Å²) in [5.74, 6) is 0.0179. The van der Waals surface area contributed by atoms with Gasteiger partial charge in [0.25, 0.3) is 11.6 Å². The van der Waals surface area contributed by atoms with Gasteiger partial charge in [-0.05, 0) is 0 Å². The standard InChI is InChI=1S/C16H22N4O5/c1-24-14-7-12(13(20(22)23)8-15(14)25-2)16(21)17-9-11-10-18-3-5-19(11)6-4-18/h7-8,11H,3-6,9-10H2,1-2H3,(H,17,21). The van der Waals surface area contributed by atoms with Gasteiger partial charge < -0.3 is 14.8 Å². The Morgan fingerprint density at radius 2 is 1.88 bits per heavy atom. The largest absolute Gasteiger partial charge is 0.493 e. The highest BCUT2D eigenvalue weighted by molar-refractivity contribution is 5.99. The molecule has 1 atom stereocenters. The molecule has 0 saturated carbocycles. The molecule has 3 aliphatic rings. The number of piperazine rings is 3. The van der Waals surface area contributed by atoms with Crippen molar-refractivity contribution in [1.29, 1.82) is 0 Å². The van der Waals surface area contributed by atoms with Crippen LogP contribution in [0.5, 0.6) is 11.5 Å². The third-order valence-corrected chi connectivity index (χ3v) is 4.83. The topological polar surface area (TPSA) is 97.2 Å². The lowest BCUT2D eigenvalue weighted by Crippen LogP contribution is -2.63. The van der Waals surface area contributed by atoms with Crippen molar-refractivity contribution in [2.24, 2.45) is 0 Å². The second kappa shape index (κ2) is 7.24. The third-order valence-electron chi connectivity index (χ3n) is 4.83. The van der Waals surface area contributed by atoms with Gasteiger partial charge in [-0.2, -0.15) is 0 Å². The maximum Gasteiger partial charge on any atom is 0.286 e. The van der Waals surface area contributed by atoms with Gasteiger partial charge in [0.05, 0.1) is 25.2 Å². The van der Waals surface area contributed by atoms with Crippen molar-refractivity contribution in [3.8, 4) is 11.5 Å². The zero-order valence-electron chi connectivity index (χ0n) is 14.4. The molecule has 1 unspecified atom stereocenters. The molecule has 3 aliphatic heterocycles. The van der Waals surface area contributed by atoms with E-state index in [9.17, 15) is 14.9 Å². The molecule has 1 aromatic carbocycles. The molecule has 3 saturated heterocycles. The summed E-state index contributed by atoms with van der Waals surface area (Å²) in [6.45, 7) is 5.49. The van der Waals surface area contributed by atoms with Gasteiger partial charge in [-0.25, -0.2) is 0 Å². The average molecular weight is 350 g/mol. The Kier molecular flexibility index (Phi) is 5.05. The Labute approximate surface area is 145 Å². The summed E-state index contributed by atoms with van der Waals surface area (Å²) in [7, 11) is 2.81. The fourth-order valence-corrected chi connectivity index (χ4v) is 3.43. The molecule has 1 aromatic rings. The van der Waals surface area contributed by atoms with Crippen LogP contribution in [0.3, 0.4) is 0 Å². The monoisotopic (exact) mass is 350 g/mol. The highest BCUT2D eigenvalue weighted by Crippen LogP contribution is 2.34. The van der Waals surface area contributed by atoms with Crippen LogP contribution in [-0.2, 0) is 0 Å². The first kappa shape index (κ1) is 17.4. The average Bonchev–Trinajstić information content (AvgIpc) is 2.65. The van der Waals surface area contributed by atoms with E-state index >= 15 is 0 Å². The summed E-state index contributed by atoms with van der Waals surface area (Å²) < 4.78 is 10.2. The van der Waals surface area contributed by atoms with Gasteiger partial charge in [-0.15, -0.1) is 0 Å². The molecule has 4 rings (SSSR count). The molecule has 9 nitrogen and oxygen atoms in total. The molecule has 136 valence electrons. The van der Waals surface area contributed by atoms with Crippen LogP contribution in [0.25, 0.3) is 0 Å². The van der Waals surface area contributed by atoms with Crippen molar-refractivity contribution in [3.63, 3.8) is 0 Å². The number of hydrogen-bond donors (Lipinski definition) is 1. The number of nitro groups is 1. The van der Waals surface area contributed by atoms with E-state index in [2.05, 4.69) is 15.1 Å². The number of nitrogens with one attached hydrogen (secondary N) is 1.